The number of piperidine rings is 2. The van der Waals surface area contributed by atoms with E-state index >= 15 is 0 Å². The molecule has 5 heteroatoms. The van der Waals surface area contributed by atoms with Gasteiger partial charge in [0.25, 0.3) is 0 Å². The normalized spacial score (nSPS) is 25.6. The lowest BCUT2D eigenvalue weighted by molar-refractivity contribution is -0.147. The van der Waals surface area contributed by atoms with E-state index in [1.807, 2.05) is 4.90 Å². The van der Waals surface area contributed by atoms with Gasteiger partial charge >= 0.3 is 0 Å². The maximum atomic E-state index is 14.3. The molecule has 3 rings (SSSR count). The summed E-state index contributed by atoms with van der Waals surface area (Å²) in [6, 6.07) is 5.96. The number of carbonyl (C=O) groups is 2. The molecule has 1 aromatic carbocycles. The fourth-order valence-electron chi connectivity index (χ4n) is 3.79. The average Bonchev–Trinajstić information content (AvgIpc) is 2.58. The summed E-state index contributed by atoms with van der Waals surface area (Å²) in [5.74, 6) is -0.665. The van der Waals surface area contributed by atoms with E-state index in [4.69, 9.17) is 0 Å². The Balaban J connectivity index is 1.91. The van der Waals surface area contributed by atoms with Crippen molar-refractivity contribution in [1.82, 2.24) is 9.80 Å². The topological polar surface area (TPSA) is 40.6 Å². The molecular weight excluding hydrogens is 295 g/mol. The van der Waals surface area contributed by atoms with Gasteiger partial charge in [0.05, 0.1) is 12.0 Å². The first-order valence-corrected chi connectivity index (χ1v) is 8.38. The summed E-state index contributed by atoms with van der Waals surface area (Å²) >= 11 is 0. The van der Waals surface area contributed by atoms with Gasteiger partial charge in [-0.25, -0.2) is 4.39 Å². The van der Waals surface area contributed by atoms with Crippen LogP contribution in [-0.2, 0) is 9.59 Å². The summed E-state index contributed by atoms with van der Waals surface area (Å²) in [4.78, 5) is 28.5. The highest BCUT2D eigenvalue weighted by Crippen LogP contribution is 2.38. The van der Waals surface area contributed by atoms with E-state index in [0.717, 1.165) is 32.4 Å². The summed E-state index contributed by atoms with van der Waals surface area (Å²) in [7, 11) is 1.68. The molecule has 0 bridgehead atoms. The Morgan fingerprint density at radius 2 is 1.87 bits per heavy atom. The number of amides is 2. The first-order valence-electron chi connectivity index (χ1n) is 8.38. The van der Waals surface area contributed by atoms with Crippen LogP contribution in [0, 0.1) is 11.7 Å². The number of likely N-dealkylation sites (tertiary alicyclic amines) is 2. The smallest absolute Gasteiger partial charge is 0.228 e. The Bertz CT molecular complexity index is 598. The molecular formula is C18H23FN2O2. The molecule has 0 spiro atoms. The summed E-state index contributed by atoms with van der Waals surface area (Å²) in [5.41, 5.74) is 0.443. The molecule has 2 heterocycles. The zero-order chi connectivity index (χ0) is 16.4. The molecule has 124 valence electrons. The van der Waals surface area contributed by atoms with Gasteiger partial charge in [0.1, 0.15) is 5.82 Å². The zero-order valence-electron chi connectivity index (χ0n) is 13.5. The van der Waals surface area contributed by atoms with Crippen LogP contribution in [0.1, 0.15) is 43.7 Å². The number of halogens is 1. The van der Waals surface area contributed by atoms with Crippen molar-refractivity contribution in [2.45, 2.75) is 38.1 Å². The van der Waals surface area contributed by atoms with Gasteiger partial charge in [-0.3, -0.25) is 9.59 Å². The molecule has 0 aliphatic carbocycles. The van der Waals surface area contributed by atoms with Crippen molar-refractivity contribution in [3.63, 3.8) is 0 Å². The maximum Gasteiger partial charge on any atom is 0.228 e. The van der Waals surface area contributed by atoms with E-state index in [1.165, 1.54) is 6.07 Å². The molecule has 0 unspecified atom stereocenters. The Labute approximate surface area is 136 Å². The second kappa shape index (κ2) is 6.69. The van der Waals surface area contributed by atoms with Gasteiger partial charge in [-0.2, -0.15) is 0 Å². The van der Waals surface area contributed by atoms with Gasteiger partial charge in [0, 0.05) is 32.1 Å². The van der Waals surface area contributed by atoms with Gasteiger partial charge in [-0.1, -0.05) is 18.2 Å². The number of nitrogens with zero attached hydrogens (tertiary/aromatic N) is 2. The van der Waals surface area contributed by atoms with Gasteiger partial charge < -0.3 is 9.80 Å². The van der Waals surface area contributed by atoms with E-state index in [-0.39, 0.29) is 23.5 Å². The van der Waals surface area contributed by atoms with Crippen LogP contribution in [-0.4, -0.2) is 41.8 Å². The minimum absolute atomic E-state index is 0.0269. The SMILES string of the molecule is CN1C(=O)CC[C@@H](C(=O)N2CCCCC2)[C@H]1c1ccccc1F. The van der Waals surface area contributed by atoms with Crippen LogP contribution in [0.25, 0.3) is 0 Å². The van der Waals surface area contributed by atoms with Crippen LogP contribution in [0.5, 0.6) is 0 Å². The first kappa shape index (κ1) is 16.0. The average molecular weight is 318 g/mol. The second-order valence-corrected chi connectivity index (χ2v) is 6.50. The minimum atomic E-state index is -0.508. The van der Waals surface area contributed by atoms with Gasteiger partial charge in [-0.15, -0.1) is 0 Å². The molecule has 4 nitrogen and oxygen atoms in total. The quantitative estimate of drug-likeness (QED) is 0.841. The highest BCUT2D eigenvalue weighted by Gasteiger charge is 2.41. The highest BCUT2D eigenvalue weighted by atomic mass is 19.1. The van der Waals surface area contributed by atoms with Crippen LogP contribution < -0.4 is 0 Å². The van der Waals surface area contributed by atoms with Crippen molar-refractivity contribution < 1.29 is 14.0 Å². The third kappa shape index (κ3) is 3.09. The fourth-order valence-corrected chi connectivity index (χ4v) is 3.79. The van der Waals surface area contributed by atoms with Gasteiger partial charge in [0.15, 0.2) is 0 Å². The Morgan fingerprint density at radius 1 is 1.17 bits per heavy atom. The van der Waals surface area contributed by atoms with Gasteiger partial charge in [0.2, 0.25) is 11.8 Å². The van der Waals surface area contributed by atoms with E-state index < -0.39 is 6.04 Å². The van der Waals surface area contributed by atoms with Gasteiger partial charge in [-0.05, 0) is 31.7 Å². The molecule has 2 fully saturated rings. The molecule has 0 saturated carbocycles. The fraction of sp³-hybridized carbons (Fsp3) is 0.556. The van der Waals surface area contributed by atoms with E-state index in [0.29, 0.717) is 18.4 Å². The number of hydrogen-bond acceptors (Lipinski definition) is 2. The Kier molecular flexibility index (Phi) is 4.64. The first-order chi connectivity index (χ1) is 11.1. The number of hydrogen-bond donors (Lipinski definition) is 0. The Hall–Kier alpha value is -1.91. The third-order valence-corrected chi connectivity index (χ3v) is 5.07. The molecule has 2 aliphatic heterocycles. The molecule has 0 aromatic heterocycles. The molecule has 2 aliphatic rings. The van der Waals surface area contributed by atoms with Crippen molar-refractivity contribution >= 4 is 11.8 Å². The zero-order valence-corrected chi connectivity index (χ0v) is 13.5. The van der Waals surface area contributed by atoms with Crippen LogP contribution in [0.2, 0.25) is 0 Å². The molecule has 2 saturated heterocycles. The van der Waals surface area contributed by atoms with Crippen LogP contribution in [0.4, 0.5) is 4.39 Å². The number of rotatable bonds is 2. The van der Waals surface area contributed by atoms with Crippen LogP contribution >= 0.6 is 0 Å². The number of carbonyl (C=O) groups excluding carboxylic acids is 2. The molecule has 23 heavy (non-hydrogen) atoms. The lowest BCUT2D eigenvalue weighted by atomic mass is 9.83. The molecule has 1 aromatic rings. The molecule has 2 atom stereocenters. The molecule has 0 radical (unpaired) electrons. The maximum absolute atomic E-state index is 14.3. The van der Waals surface area contributed by atoms with Crippen LogP contribution in [0.15, 0.2) is 24.3 Å². The standard InChI is InChI=1S/C18H23FN2O2/c1-20-16(22)10-9-14(18(23)21-11-5-2-6-12-21)17(20)13-7-3-4-8-15(13)19/h3-4,7-8,14,17H,2,5-6,9-12H2,1H3/t14-,17-/m1/s1. The highest BCUT2D eigenvalue weighted by molar-refractivity contribution is 5.85. The number of benzene rings is 1. The summed E-state index contributed by atoms with van der Waals surface area (Å²) in [5, 5.41) is 0. The lowest BCUT2D eigenvalue weighted by Crippen LogP contribution is -2.49. The Morgan fingerprint density at radius 3 is 2.57 bits per heavy atom. The van der Waals surface area contributed by atoms with Crippen molar-refractivity contribution in [1.29, 1.82) is 0 Å². The summed E-state index contributed by atoms with van der Waals surface area (Å²) in [6.45, 7) is 1.55. The van der Waals surface area contributed by atoms with Crippen molar-refractivity contribution in [2.24, 2.45) is 5.92 Å². The minimum Gasteiger partial charge on any atom is -0.342 e. The van der Waals surface area contributed by atoms with E-state index in [2.05, 4.69) is 0 Å². The lowest BCUT2D eigenvalue weighted by Gasteiger charge is -2.41. The molecule has 0 N–H and O–H groups in total. The molecule has 2 amide bonds. The second-order valence-electron chi connectivity index (χ2n) is 6.50. The summed E-state index contributed by atoms with van der Waals surface area (Å²) < 4.78 is 14.3. The van der Waals surface area contributed by atoms with Crippen molar-refractivity contribution in [2.75, 3.05) is 20.1 Å². The van der Waals surface area contributed by atoms with E-state index in [9.17, 15) is 14.0 Å². The van der Waals surface area contributed by atoms with Crippen molar-refractivity contribution in [3.05, 3.63) is 35.6 Å². The summed E-state index contributed by atoms with van der Waals surface area (Å²) in [6.07, 6.45) is 4.06. The van der Waals surface area contributed by atoms with Crippen molar-refractivity contribution in [3.8, 4) is 0 Å². The van der Waals surface area contributed by atoms with E-state index in [1.54, 1.807) is 30.1 Å². The predicted molar refractivity (Wildman–Crippen MR) is 85.1 cm³/mol. The third-order valence-electron chi connectivity index (χ3n) is 5.07. The largest absolute Gasteiger partial charge is 0.342 e. The monoisotopic (exact) mass is 318 g/mol. The predicted octanol–water partition coefficient (Wildman–Crippen LogP) is 2.75. The van der Waals surface area contributed by atoms with Crippen LogP contribution in [0.3, 0.4) is 0 Å².